The Morgan fingerprint density at radius 1 is 1.44 bits per heavy atom. The van der Waals surface area contributed by atoms with Crippen molar-refractivity contribution >= 4 is 11.8 Å². The average molecular weight is 268 g/mol. The zero-order valence-electron chi connectivity index (χ0n) is 11.6. The number of nitrogens with one attached hydrogen (secondary N) is 1. The minimum atomic E-state index is 0.589. The monoisotopic (exact) mass is 268 g/mol. The molecule has 0 bridgehead atoms. The maximum atomic E-state index is 5.32. The van der Waals surface area contributed by atoms with Gasteiger partial charge in [0, 0.05) is 36.2 Å². The van der Waals surface area contributed by atoms with E-state index >= 15 is 0 Å². The lowest BCUT2D eigenvalue weighted by Crippen LogP contribution is -2.48. The number of thioether (sulfide) groups is 1. The molecule has 4 heteroatoms. The first-order chi connectivity index (χ1) is 8.65. The van der Waals surface area contributed by atoms with Gasteiger partial charge in [-0.25, -0.2) is 0 Å². The quantitative estimate of drug-likeness (QED) is 0.888. The zero-order valence-corrected chi connectivity index (χ0v) is 12.4. The molecule has 1 fully saturated rings. The Labute approximate surface area is 114 Å². The van der Waals surface area contributed by atoms with E-state index in [9.17, 15) is 0 Å². The number of nitrogens with zero attached hydrogens (tertiary/aromatic N) is 1. The molecule has 0 radical (unpaired) electrons. The number of rotatable bonds is 5. The Morgan fingerprint density at radius 2 is 2.17 bits per heavy atom. The summed E-state index contributed by atoms with van der Waals surface area (Å²) < 4.78 is 5.32. The van der Waals surface area contributed by atoms with Crippen molar-refractivity contribution in [1.29, 1.82) is 0 Å². The first-order valence-corrected chi connectivity index (χ1v) is 7.72. The van der Waals surface area contributed by atoms with Crippen LogP contribution in [0.15, 0.2) is 22.8 Å². The third-order valence-electron chi connectivity index (χ3n) is 3.39. The van der Waals surface area contributed by atoms with E-state index in [1.807, 2.05) is 12.1 Å². The molecule has 2 rings (SSSR count). The molecule has 3 atom stereocenters. The van der Waals surface area contributed by atoms with Crippen LogP contribution in [-0.2, 0) is 6.54 Å². The summed E-state index contributed by atoms with van der Waals surface area (Å²) in [5.74, 6) is 1.01. The van der Waals surface area contributed by atoms with Crippen LogP contribution in [0.5, 0.6) is 0 Å². The van der Waals surface area contributed by atoms with Gasteiger partial charge in [0.1, 0.15) is 5.76 Å². The Kier molecular flexibility index (Phi) is 5.15. The molecule has 1 N–H and O–H groups in total. The smallest absolute Gasteiger partial charge is 0.117 e. The minimum absolute atomic E-state index is 0.589. The summed E-state index contributed by atoms with van der Waals surface area (Å²) in [6, 6.07) is 4.54. The summed E-state index contributed by atoms with van der Waals surface area (Å²) >= 11 is 2.11. The second kappa shape index (κ2) is 6.64. The molecular weight excluding hydrogens is 244 g/mol. The molecule has 102 valence electrons. The van der Waals surface area contributed by atoms with Gasteiger partial charge in [-0.15, -0.1) is 0 Å². The largest absolute Gasteiger partial charge is 0.468 e. The Balaban J connectivity index is 1.72. The first kappa shape index (κ1) is 14.0. The van der Waals surface area contributed by atoms with E-state index < -0.39 is 0 Å². The number of hydrogen-bond donors (Lipinski definition) is 1. The van der Waals surface area contributed by atoms with Crippen LogP contribution in [-0.4, -0.2) is 41.1 Å². The molecule has 18 heavy (non-hydrogen) atoms. The van der Waals surface area contributed by atoms with Gasteiger partial charge in [0.15, 0.2) is 0 Å². The molecule has 1 aromatic heterocycles. The zero-order chi connectivity index (χ0) is 13.0. The molecule has 0 aliphatic carbocycles. The summed E-state index contributed by atoms with van der Waals surface area (Å²) in [4.78, 5) is 2.60. The van der Waals surface area contributed by atoms with Crippen molar-refractivity contribution in [2.75, 3.05) is 19.6 Å². The van der Waals surface area contributed by atoms with E-state index in [1.165, 1.54) is 13.1 Å². The normalized spacial score (nSPS) is 27.3. The van der Waals surface area contributed by atoms with Crippen molar-refractivity contribution in [2.45, 2.75) is 43.9 Å². The standard InChI is InChI=1S/C14H24N2OS/c1-11(7-15-8-14-5-4-6-17-14)16-9-12(2)18-13(3)10-16/h4-6,11-13,15H,7-10H2,1-3H3. The molecule has 1 aliphatic rings. The average Bonchev–Trinajstić information content (AvgIpc) is 2.80. The van der Waals surface area contributed by atoms with Crippen LogP contribution < -0.4 is 5.32 Å². The molecule has 1 aromatic rings. The van der Waals surface area contributed by atoms with Crippen LogP contribution in [0.1, 0.15) is 26.5 Å². The third-order valence-corrected chi connectivity index (χ3v) is 4.62. The van der Waals surface area contributed by atoms with E-state index in [-0.39, 0.29) is 0 Å². The topological polar surface area (TPSA) is 28.4 Å². The number of hydrogen-bond acceptors (Lipinski definition) is 4. The second-order valence-corrected chi connectivity index (χ2v) is 7.15. The fourth-order valence-electron chi connectivity index (χ4n) is 2.52. The Hall–Kier alpha value is -0.450. The highest BCUT2D eigenvalue weighted by Gasteiger charge is 2.25. The van der Waals surface area contributed by atoms with Crippen LogP contribution in [0.4, 0.5) is 0 Å². The summed E-state index contributed by atoms with van der Waals surface area (Å²) in [6.07, 6.45) is 1.73. The molecule has 3 nitrogen and oxygen atoms in total. The van der Waals surface area contributed by atoms with E-state index in [2.05, 4.69) is 42.7 Å². The summed E-state index contributed by atoms with van der Waals surface area (Å²) in [5, 5.41) is 4.97. The molecule has 0 amide bonds. The summed E-state index contributed by atoms with van der Waals surface area (Å²) in [6.45, 7) is 11.2. The lowest BCUT2D eigenvalue weighted by Gasteiger charge is -2.38. The Bertz CT molecular complexity index is 332. The van der Waals surface area contributed by atoms with Crippen LogP contribution >= 0.6 is 11.8 Å². The van der Waals surface area contributed by atoms with Gasteiger partial charge < -0.3 is 9.73 Å². The van der Waals surface area contributed by atoms with E-state index in [1.54, 1.807) is 6.26 Å². The van der Waals surface area contributed by atoms with Crippen molar-refractivity contribution in [3.05, 3.63) is 24.2 Å². The molecular formula is C14H24N2OS. The molecule has 1 saturated heterocycles. The molecule has 1 aliphatic heterocycles. The number of furan rings is 1. The van der Waals surface area contributed by atoms with E-state index in [0.29, 0.717) is 6.04 Å². The third kappa shape index (κ3) is 4.04. The van der Waals surface area contributed by atoms with Crippen molar-refractivity contribution in [1.82, 2.24) is 10.2 Å². The van der Waals surface area contributed by atoms with Crippen LogP contribution in [0.2, 0.25) is 0 Å². The predicted molar refractivity (Wildman–Crippen MR) is 78.0 cm³/mol. The SMILES string of the molecule is CC1CN(C(C)CNCc2ccco2)CC(C)S1. The van der Waals surface area contributed by atoms with Crippen molar-refractivity contribution < 1.29 is 4.42 Å². The van der Waals surface area contributed by atoms with Gasteiger partial charge in [-0.05, 0) is 19.1 Å². The van der Waals surface area contributed by atoms with Crippen molar-refractivity contribution in [2.24, 2.45) is 0 Å². The van der Waals surface area contributed by atoms with E-state index in [4.69, 9.17) is 4.42 Å². The Morgan fingerprint density at radius 3 is 2.78 bits per heavy atom. The van der Waals surface area contributed by atoms with Gasteiger partial charge in [0.2, 0.25) is 0 Å². The van der Waals surface area contributed by atoms with Gasteiger partial charge in [-0.2, -0.15) is 11.8 Å². The maximum absolute atomic E-state index is 5.32. The van der Waals surface area contributed by atoms with Gasteiger partial charge in [0.05, 0.1) is 12.8 Å². The predicted octanol–water partition coefficient (Wildman–Crippen LogP) is 2.58. The maximum Gasteiger partial charge on any atom is 0.117 e. The fourth-order valence-corrected chi connectivity index (χ4v) is 3.87. The summed E-state index contributed by atoms with van der Waals surface area (Å²) in [7, 11) is 0. The first-order valence-electron chi connectivity index (χ1n) is 6.77. The lowest BCUT2D eigenvalue weighted by molar-refractivity contribution is 0.201. The summed E-state index contributed by atoms with van der Waals surface area (Å²) in [5.41, 5.74) is 0. The van der Waals surface area contributed by atoms with E-state index in [0.717, 1.165) is 29.3 Å². The molecule has 0 spiro atoms. The molecule has 3 unspecified atom stereocenters. The van der Waals surface area contributed by atoms with Crippen LogP contribution in [0, 0.1) is 0 Å². The van der Waals surface area contributed by atoms with Crippen LogP contribution in [0.25, 0.3) is 0 Å². The highest BCUT2D eigenvalue weighted by molar-refractivity contribution is 8.00. The molecule has 0 aromatic carbocycles. The van der Waals surface area contributed by atoms with Gasteiger partial charge >= 0.3 is 0 Å². The highest BCUT2D eigenvalue weighted by Crippen LogP contribution is 2.25. The second-order valence-electron chi connectivity index (χ2n) is 5.27. The van der Waals surface area contributed by atoms with Gasteiger partial charge in [0.25, 0.3) is 0 Å². The van der Waals surface area contributed by atoms with Gasteiger partial charge in [-0.3, -0.25) is 4.90 Å². The minimum Gasteiger partial charge on any atom is -0.468 e. The van der Waals surface area contributed by atoms with Crippen molar-refractivity contribution in [3.8, 4) is 0 Å². The van der Waals surface area contributed by atoms with Crippen molar-refractivity contribution in [3.63, 3.8) is 0 Å². The highest BCUT2D eigenvalue weighted by atomic mass is 32.2. The lowest BCUT2D eigenvalue weighted by atomic mass is 10.2. The fraction of sp³-hybridized carbons (Fsp3) is 0.714. The van der Waals surface area contributed by atoms with Gasteiger partial charge in [-0.1, -0.05) is 13.8 Å². The molecule has 2 heterocycles. The van der Waals surface area contributed by atoms with Crippen LogP contribution in [0.3, 0.4) is 0 Å². The molecule has 0 saturated carbocycles.